The molecule has 0 aromatic carbocycles. The van der Waals surface area contributed by atoms with Crippen molar-refractivity contribution >= 4 is 28.3 Å². The highest BCUT2D eigenvalue weighted by Gasteiger charge is 2.38. The van der Waals surface area contributed by atoms with Gasteiger partial charge in [-0.2, -0.15) is 4.31 Å². The Morgan fingerprint density at radius 1 is 1.31 bits per heavy atom. The van der Waals surface area contributed by atoms with Crippen molar-refractivity contribution in [3.05, 3.63) is 0 Å². The van der Waals surface area contributed by atoms with Crippen molar-refractivity contribution in [2.24, 2.45) is 5.41 Å². The van der Waals surface area contributed by atoms with Crippen LogP contribution in [-0.2, 0) is 19.6 Å². The summed E-state index contributed by atoms with van der Waals surface area (Å²) in [4.78, 5) is 12.8. The van der Waals surface area contributed by atoms with Crippen LogP contribution in [0.3, 0.4) is 0 Å². The standard InChI is InChI=1S/C17H33N3O4S.ClH/c1-3-12-25(22,23)20-11-5-4-6-15(20)16(21)19-13-17(14-24-2)7-9-18-10-8-17;/h15,18H,3-14H2,1-2H3,(H,19,21);1H. The first-order chi connectivity index (χ1) is 11.9. The molecule has 2 N–H and O–H groups in total. The molecule has 9 heteroatoms. The second-order valence-electron chi connectivity index (χ2n) is 7.34. The molecule has 0 radical (unpaired) electrons. The summed E-state index contributed by atoms with van der Waals surface area (Å²) in [6.07, 6.45) is 4.79. The quantitative estimate of drug-likeness (QED) is 0.625. The Balaban J connectivity index is 0.00000338. The molecule has 2 fully saturated rings. The monoisotopic (exact) mass is 411 g/mol. The summed E-state index contributed by atoms with van der Waals surface area (Å²) < 4.78 is 31.8. The van der Waals surface area contributed by atoms with Gasteiger partial charge in [0.25, 0.3) is 0 Å². The number of methoxy groups -OCH3 is 1. The first kappa shape index (κ1) is 23.6. The summed E-state index contributed by atoms with van der Waals surface area (Å²) in [7, 11) is -1.67. The molecule has 2 rings (SSSR count). The van der Waals surface area contributed by atoms with Gasteiger partial charge in [-0.1, -0.05) is 13.3 Å². The van der Waals surface area contributed by atoms with Gasteiger partial charge in [-0.15, -0.1) is 12.4 Å². The van der Waals surface area contributed by atoms with Crippen molar-refractivity contribution in [3.63, 3.8) is 0 Å². The van der Waals surface area contributed by atoms with Gasteiger partial charge in [0.1, 0.15) is 6.04 Å². The summed E-state index contributed by atoms with van der Waals surface area (Å²) in [6, 6.07) is -0.563. The van der Waals surface area contributed by atoms with Crippen molar-refractivity contribution in [3.8, 4) is 0 Å². The molecule has 7 nitrogen and oxygen atoms in total. The summed E-state index contributed by atoms with van der Waals surface area (Å²) in [5, 5.41) is 6.37. The third kappa shape index (κ3) is 6.05. The maximum atomic E-state index is 12.8. The molecule has 0 bridgehead atoms. The SMILES string of the molecule is CCCS(=O)(=O)N1CCCCC1C(=O)NCC1(COC)CCNCC1.Cl. The number of hydrogen-bond donors (Lipinski definition) is 2. The third-order valence-corrected chi connectivity index (χ3v) is 7.40. The number of carbonyl (C=O) groups is 1. The first-order valence-electron chi connectivity index (χ1n) is 9.41. The lowest BCUT2D eigenvalue weighted by atomic mass is 9.79. The van der Waals surface area contributed by atoms with E-state index in [1.54, 1.807) is 7.11 Å². The molecule has 1 unspecified atom stereocenters. The molecule has 0 spiro atoms. The first-order valence-corrected chi connectivity index (χ1v) is 11.0. The van der Waals surface area contributed by atoms with Crippen molar-refractivity contribution < 1.29 is 17.9 Å². The zero-order valence-corrected chi connectivity index (χ0v) is 17.6. The van der Waals surface area contributed by atoms with Gasteiger partial charge >= 0.3 is 0 Å². The van der Waals surface area contributed by atoms with E-state index in [-0.39, 0.29) is 29.5 Å². The van der Waals surface area contributed by atoms with Gasteiger partial charge in [0.05, 0.1) is 12.4 Å². The molecule has 2 heterocycles. The van der Waals surface area contributed by atoms with E-state index in [0.717, 1.165) is 38.8 Å². The summed E-state index contributed by atoms with van der Waals surface area (Å²) in [5.74, 6) is -0.0517. The van der Waals surface area contributed by atoms with Crippen LogP contribution in [0, 0.1) is 5.41 Å². The Morgan fingerprint density at radius 2 is 2.00 bits per heavy atom. The van der Waals surface area contributed by atoms with Crippen molar-refractivity contribution in [2.45, 2.75) is 51.5 Å². The molecular formula is C17H34ClN3O4S. The highest BCUT2D eigenvalue weighted by Crippen LogP contribution is 2.29. The van der Waals surface area contributed by atoms with Gasteiger partial charge < -0.3 is 15.4 Å². The molecule has 1 amide bonds. The highest BCUT2D eigenvalue weighted by atomic mass is 35.5. The Labute approximate surface area is 164 Å². The van der Waals surface area contributed by atoms with E-state index >= 15 is 0 Å². The van der Waals surface area contributed by atoms with Crippen LogP contribution in [0.4, 0.5) is 0 Å². The minimum Gasteiger partial charge on any atom is -0.384 e. The third-order valence-electron chi connectivity index (χ3n) is 5.33. The van der Waals surface area contributed by atoms with Crippen LogP contribution < -0.4 is 10.6 Å². The summed E-state index contributed by atoms with van der Waals surface area (Å²) in [6.45, 7) is 5.28. The second kappa shape index (κ2) is 10.8. The van der Waals surface area contributed by atoms with Crippen LogP contribution in [0.1, 0.15) is 45.4 Å². The lowest BCUT2D eigenvalue weighted by Gasteiger charge is -2.38. The van der Waals surface area contributed by atoms with Gasteiger partial charge in [-0.05, 0) is 45.2 Å². The number of hydrogen-bond acceptors (Lipinski definition) is 5. The van der Waals surface area contributed by atoms with Gasteiger partial charge in [0, 0.05) is 25.6 Å². The fourth-order valence-electron chi connectivity index (χ4n) is 3.90. The predicted octanol–water partition coefficient (Wildman–Crippen LogP) is 1.13. The normalized spacial score (nSPS) is 23.8. The van der Waals surface area contributed by atoms with Crippen LogP contribution in [0.5, 0.6) is 0 Å². The molecule has 0 aromatic heterocycles. The summed E-state index contributed by atoms with van der Waals surface area (Å²) >= 11 is 0. The Bertz CT molecular complexity index is 533. The molecular weight excluding hydrogens is 378 g/mol. The van der Waals surface area contributed by atoms with Gasteiger partial charge in [-0.25, -0.2) is 8.42 Å². The van der Waals surface area contributed by atoms with Crippen LogP contribution >= 0.6 is 12.4 Å². The van der Waals surface area contributed by atoms with Gasteiger partial charge in [-0.3, -0.25) is 4.79 Å². The van der Waals surface area contributed by atoms with Gasteiger partial charge in [0.2, 0.25) is 15.9 Å². The highest BCUT2D eigenvalue weighted by molar-refractivity contribution is 7.89. The molecule has 2 saturated heterocycles. The number of sulfonamides is 1. The molecule has 0 saturated carbocycles. The van der Waals surface area contributed by atoms with E-state index in [9.17, 15) is 13.2 Å². The van der Waals surface area contributed by atoms with Crippen LogP contribution in [-0.4, -0.2) is 70.3 Å². The Kier molecular flexibility index (Phi) is 9.82. The number of ether oxygens (including phenoxy) is 1. The number of piperidine rings is 2. The molecule has 2 aliphatic heterocycles. The van der Waals surface area contributed by atoms with E-state index in [1.165, 1.54) is 4.31 Å². The number of carbonyl (C=O) groups excluding carboxylic acids is 1. The maximum Gasteiger partial charge on any atom is 0.238 e. The van der Waals surface area contributed by atoms with Crippen molar-refractivity contribution in [2.75, 3.05) is 45.6 Å². The van der Waals surface area contributed by atoms with E-state index in [0.29, 0.717) is 32.5 Å². The van der Waals surface area contributed by atoms with E-state index in [2.05, 4.69) is 10.6 Å². The fraction of sp³-hybridized carbons (Fsp3) is 0.941. The minimum absolute atomic E-state index is 0. The molecule has 1 atom stereocenters. The lowest BCUT2D eigenvalue weighted by molar-refractivity contribution is -0.126. The zero-order valence-electron chi connectivity index (χ0n) is 16.0. The van der Waals surface area contributed by atoms with Crippen LogP contribution in [0.25, 0.3) is 0 Å². The predicted molar refractivity (Wildman–Crippen MR) is 105 cm³/mol. The number of amides is 1. The van der Waals surface area contributed by atoms with E-state index in [4.69, 9.17) is 4.74 Å². The molecule has 26 heavy (non-hydrogen) atoms. The zero-order chi connectivity index (χ0) is 18.3. The van der Waals surface area contributed by atoms with Crippen LogP contribution in [0.15, 0.2) is 0 Å². The largest absolute Gasteiger partial charge is 0.384 e. The number of rotatable bonds is 8. The number of nitrogens with one attached hydrogen (secondary N) is 2. The minimum atomic E-state index is -3.36. The Hall–Kier alpha value is -0.410. The molecule has 0 aromatic rings. The number of nitrogens with zero attached hydrogens (tertiary/aromatic N) is 1. The van der Waals surface area contributed by atoms with Crippen molar-refractivity contribution in [1.29, 1.82) is 0 Å². The second-order valence-corrected chi connectivity index (χ2v) is 9.38. The van der Waals surface area contributed by atoms with Crippen molar-refractivity contribution in [1.82, 2.24) is 14.9 Å². The average molecular weight is 412 g/mol. The van der Waals surface area contributed by atoms with E-state index < -0.39 is 16.1 Å². The molecule has 2 aliphatic rings. The van der Waals surface area contributed by atoms with Gasteiger partial charge in [0.15, 0.2) is 0 Å². The average Bonchev–Trinajstić information content (AvgIpc) is 2.61. The fourth-order valence-corrected chi connectivity index (χ4v) is 5.65. The lowest BCUT2D eigenvalue weighted by Crippen LogP contribution is -2.55. The maximum absolute atomic E-state index is 12.8. The van der Waals surface area contributed by atoms with Crippen LogP contribution in [0.2, 0.25) is 0 Å². The summed E-state index contributed by atoms with van der Waals surface area (Å²) in [5.41, 5.74) is -0.0581. The molecule has 0 aliphatic carbocycles. The number of halogens is 1. The Morgan fingerprint density at radius 3 is 2.62 bits per heavy atom. The smallest absolute Gasteiger partial charge is 0.238 e. The molecule has 154 valence electrons. The van der Waals surface area contributed by atoms with E-state index in [1.807, 2.05) is 6.92 Å². The topological polar surface area (TPSA) is 87.7 Å².